The van der Waals surface area contributed by atoms with E-state index in [0.29, 0.717) is 19.4 Å². The summed E-state index contributed by atoms with van der Waals surface area (Å²) in [4.78, 5) is 0. The lowest BCUT2D eigenvalue weighted by molar-refractivity contribution is 0.220. The molecular formula is C12H19O3P. The molecule has 3 nitrogen and oxygen atoms in total. The zero-order valence-corrected chi connectivity index (χ0v) is 10.8. The fraction of sp³-hybridized carbons (Fsp3) is 0.500. The van der Waals surface area contributed by atoms with E-state index in [1.54, 1.807) is 0 Å². The van der Waals surface area contributed by atoms with Crippen molar-refractivity contribution in [3.63, 3.8) is 0 Å². The van der Waals surface area contributed by atoms with E-state index < -0.39 is 7.60 Å². The van der Waals surface area contributed by atoms with Crippen LogP contribution in [0.25, 0.3) is 0 Å². The zero-order valence-electron chi connectivity index (χ0n) is 9.89. The molecule has 16 heavy (non-hydrogen) atoms. The molecule has 0 heterocycles. The second-order valence-electron chi connectivity index (χ2n) is 3.41. The van der Waals surface area contributed by atoms with Crippen molar-refractivity contribution in [3.05, 3.63) is 35.9 Å². The van der Waals surface area contributed by atoms with E-state index in [-0.39, 0.29) is 0 Å². The van der Waals surface area contributed by atoms with Crippen LogP contribution < -0.4 is 0 Å². The molecule has 0 radical (unpaired) electrons. The monoisotopic (exact) mass is 242 g/mol. The molecule has 0 aliphatic rings. The molecule has 0 atom stereocenters. The second-order valence-corrected chi connectivity index (χ2v) is 5.59. The third kappa shape index (κ3) is 4.48. The molecule has 90 valence electrons. The molecule has 0 aliphatic heterocycles. The lowest BCUT2D eigenvalue weighted by Crippen LogP contribution is -2.02. The highest BCUT2D eigenvalue weighted by Crippen LogP contribution is 2.48. The van der Waals surface area contributed by atoms with Gasteiger partial charge in [-0.05, 0) is 25.8 Å². The van der Waals surface area contributed by atoms with Gasteiger partial charge in [0, 0.05) is 0 Å². The molecule has 0 N–H and O–H groups in total. The average Bonchev–Trinajstić information content (AvgIpc) is 2.29. The third-order valence-electron chi connectivity index (χ3n) is 2.17. The average molecular weight is 242 g/mol. The number of benzene rings is 1. The van der Waals surface area contributed by atoms with Gasteiger partial charge in [0.1, 0.15) is 0 Å². The first-order chi connectivity index (χ1) is 7.70. The van der Waals surface area contributed by atoms with Crippen LogP contribution in [-0.4, -0.2) is 19.4 Å². The molecule has 0 spiro atoms. The van der Waals surface area contributed by atoms with Crippen LogP contribution in [0, 0.1) is 0 Å². The lowest BCUT2D eigenvalue weighted by Gasteiger charge is -2.16. The molecule has 0 saturated carbocycles. The zero-order chi connectivity index (χ0) is 11.9. The van der Waals surface area contributed by atoms with Crippen molar-refractivity contribution in [2.45, 2.75) is 20.3 Å². The minimum absolute atomic E-state index is 0.423. The van der Waals surface area contributed by atoms with Crippen molar-refractivity contribution in [2.75, 3.05) is 19.4 Å². The van der Waals surface area contributed by atoms with Crippen molar-refractivity contribution in [1.29, 1.82) is 0 Å². The van der Waals surface area contributed by atoms with Crippen molar-refractivity contribution >= 4 is 7.60 Å². The first-order valence-corrected chi connectivity index (χ1v) is 7.35. The van der Waals surface area contributed by atoms with Crippen molar-refractivity contribution in [3.8, 4) is 0 Å². The van der Waals surface area contributed by atoms with Crippen LogP contribution in [0.4, 0.5) is 0 Å². The van der Waals surface area contributed by atoms with E-state index in [4.69, 9.17) is 9.05 Å². The minimum atomic E-state index is -2.88. The van der Waals surface area contributed by atoms with Gasteiger partial charge in [0.05, 0.1) is 19.4 Å². The van der Waals surface area contributed by atoms with Gasteiger partial charge < -0.3 is 9.05 Å². The minimum Gasteiger partial charge on any atom is -0.309 e. The summed E-state index contributed by atoms with van der Waals surface area (Å²) in [6.45, 7) is 4.50. The summed E-state index contributed by atoms with van der Waals surface area (Å²) in [5, 5.41) is 0. The molecular weight excluding hydrogens is 223 g/mol. The first-order valence-electron chi connectivity index (χ1n) is 5.62. The number of hydrogen-bond donors (Lipinski definition) is 0. The molecule has 0 amide bonds. The SMILES string of the molecule is CCOP(=O)(CCc1ccccc1)OCC. The molecule has 1 aromatic carbocycles. The Hall–Kier alpha value is -0.630. The summed E-state index contributed by atoms with van der Waals surface area (Å²) < 4.78 is 22.6. The van der Waals surface area contributed by atoms with Crippen LogP contribution >= 0.6 is 7.60 Å². The van der Waals surface area contributed by atoms with E-state index >= 15 is 0 Å². The Morgan fingerprint density at radius 3 is 2.12 bits per heavy atom. The molecule has 1 rings (SSSR count). The molecule has 0 saturated heterocycles. The van der Waals surface area contributed by atoms with Crippen LogP contribution in [0.5, 0.6) is 0 Å². The summed E-state index contributed by atoms with van der Waals surface area (Å²) in [7, 11) is -2.88. The number of hydrogen-bond acceptors (Lipinski definition) is 3. The van der Waals surface area contributed by atoms with Gasteiger partial charge >= 0.3 is 7.60 Å². The summed E-state index contributed by atoms with van der Waals surface area (Å²) >= 11 is 0. The predicted octanol–water partition coefficient (Wildman–Crippen LogP) is 3.50. The van der Waals surface area contributed by atoms with E-state index in [1.807, 2.05) is 44.2 Å². The lowest BCUT2D eigenvalue weighted by atomic mass is 10.2. The number of aryl methyl sites for hydroxylation is 1. The van der Waals surface area contributed by atoms with E-state index in [2.05, 4.69) is 0 Å². The normalized spacial score (nSPS) is 11.6. The highest BCUT2D eigenvalue weighted by molar-refractivity contribution is 7.53. The predicted molar refractivity (Wildman–Crippen MR) is 65.9 cm³/mol. The van der Waals surface area contributed by atoms with Gasteiger partial charge in [-0.2, -0.15) is 0 Å². The van der Waals surface area contributed by atoms with Crippen LogP contribution in [0.15, 0.2) is 30.3 Å². The van der Waals surface area contributed by atoms with Crippen LogP contribution in [0.2, 0.25) is 0 Å². The number of rotatable bonds is 7. The maximum atomic E-state index is 12.1. The van der Waals surface area contributed by atoms with Crippen molar-refractivity contribution in [2.24, 2.45) is 0 Å². The molecule has 0 fully saturated rings. The Morgan fingerprint density at radius 2 is 1.62 bits per heavy atom. The van der Waals surface area contributed by atoms with Gasteiger partial charge in [-0.1, -0.05) is 30.3 Å². The highest BCUT2D eigenvalue weighted by atomic mass is 31.2. The second kappa shape index (κ2) is 6.85. The molecule has 0 bridgehead atoms. The summed E-state index contributed by atoms with van der Waals surface area (Å²) in [5.74, 6) is 0. The molecule has 1 aromatic rings. The standard InChI is InChI=1S/C12H19O3P/c1-3-14-16(13,15-4-2)11-10-12-8-6-5-7-9-12/h5-9H,3-4,10-11H2,1-2H3. The Balaban J connectivity index is 2.53. The Labute approximate surface area is 97.3 Å². The highest BCUT2D eigenvalue weighted by Gasteiger charge is 2.22. The van der Waals surface area contributed by atoms with Crippen molar-refractivity contribution in [1.82, 2.24) is 0 Å². The van der Waals surface area contributed by atoms with Gasteiger partial charge in [0.25, 0.3) is 0 Å². The van der Waals surface area contributed by atoms with Gasteiger partial charge in [0.2, 0.25) is 0 Å². The third-order valence-corrected chi connectivity index (χ3v) is 4.24. The topological polar surface area (TPSA) is 35.5 Å². The fourth-order valence-corrected chi connectivity index (χ4v) is 3.12. The van der Waals surface area contributed by atoms with E-state index in [9.17, 15) is 4.57 Å². The molecule has 0 aliphatic carbocycles. The molecule has 0 aromatic heterocycles. The van der Waals surface area contributed by atoms with E-state index in [1.165, 1.54) is 0 Å². The maximum absolute atomic E-state index is 12.1. The van der Waals surface area contributed by atoms with Crippen LogP contribution in [-0.2, 0) is 20.0 Å². The Morgan fingerprint density at radius 1 is 1.06 bits per heavy atom. The van der Waals surface area contributed by atoms with Crippen LogP contribution in [0.3, 0.4) is 0 Å². The quantitative estimate of drug-likeness (QED) is 0.686. The summed E-state index contributed by atoms with van der Waals surface area (Å²) in [5.41, 5.74) is 1.15. The Kier molecular flexibility index (Phi) is 5.75. The van der Waals surface area contributed by atoms with Crippen molar-refractivity contribution < 1.29 is 13.6 Å². The summed E-state index contributed by atoms with van der Waals surface area (Å²) in [6.07, 6.45) is 1.16. The molecule has 4 heteroatoms. The maximum Gasteiger partial charge on any atom is 0.330 e. The van der Waals surface area contributed by atoms with Crippen LogP contribution in [0.1, 0.15) is 19.4 Å². The fourth-order valence-electron chi connectivity index (χ4n) is 1.47. The van der Waals surface area contributed by atoms with Gasteiger partial charge in [-0.25, -0.2) is 0 Å². The summed E-state index contributed by atoms with van der Waals surface area (Å²) in [6, 6.07) is 9.95. The largest absolute Gasteiger partial charge is 0.330 e. The first kappa shape index (κ1) is 13.4. The molecule has 0 unspecified atom stereocenters. The van der Waals surface area contributed by atoms with Gasteiger partial charge in [-0.3, -0.25) is 4.57 Å². The van der Waals surface area contributed by atoms with E-state index in [0.717, 1.165) is 12.0 Å². The Bertz CT molecular complexity index is 327. The van der Waals surface area contributed by atoms with Gasteiger partial charge in [-0.15, -0.1) is 0 Å². The van der Waals surface area contributed by atoms with Gasteiger partial charge in [0.15, 0.2) is 0 Å². The smallest absolute Gasteiger partial charge is 0.309 e.